The van der Waals surface area contributed by atoms with Crippen molar-refractivity contribution in [2.24, 2.45) is 11.8 Å². The van der Waals surface area contributed by atoms with Gasteiger partial charge < -0.3 is 4.90 Å². The van der Waals surface area contributed by atoms with Crippen molar-refractivity contribution < 1.29 is 26.4 Å². The Bertz CT molecular complexity index is 1210. The van der Waals surface area contributed by atoms with E-state index >= 15 is 4.39 Å². The Morgan fingerprint density at radius 2 is 1.82 bits per heavy atom. The molecule has 5 nitrogen and oxygen atoms in total. The summed E-state index contributed by atoms with van der Waals surface area (Å²) >= 11 is 0. The van der Waals surface area contributed by atoms with Gasteiger partial charge in [0.25, 0.3) is 0 Å². The summed E-state index contributed by atoms with van der Waals surface area (Å²) in [4.78, 5) is 15.1. The van der Waals surface area contributed by atoms with Crippen LogP contribution in [0.25, 0.3) is 11.1 Å². The van der Waals surface area contributed by atoms with Crippen molar-refractivity contribution in [3.05, 3.63) is 59.4 Å². The average molecular weight is 493 g/mol. The van der Waals surface area contributed by atoms with Crippen molar-refractivity contribution in [2.45, 2.75) is 57.2 Å². The predicted molar refractivity (Wildman–Crippen MR) is 122 cm³/mol. The fraction of sp³-hybridized carbons (Fsp3) is 0.480. The standard InChI is InChI=1S/C25H27F3N2O3S/c1-2-34(32,33)29-24-20-13-21(20)30(25(31)14-5-3-6-14)22(24)11-15-7-4-8-19(23(15)28)16-9-17(26)12-18(27)10-16/h4,7-10,12,14,20-22,24,29H,2-3,5-6,11,13H2,1H3/t20-,21+,22+,24+/m1/s1. The van der Waals surface area contributed by atoms with Crippen LogP contribution in [0.5, 0.6) is 0 Å². The molecule has 1 aliphatic heterocycles. The average Bonchev–Trinajstić information content (AvgIpc) is 3.45. The van der Waals surface area contributed by atoms with Crippen molar-refractivity contribution in [1.82, 2.24) is 9.62 Å². The van der Waals surface area contributed by atoms with Gasteiger partial charge in [0.05, 0.1) is 11.8 Å². The lowest BCUT2D eigenvalue weighted by Gasteiger charge is -2.37. The van der Waals surface area contributed by atoms with Crippen molar-refractivity contribution in [2.75, 3.05) is 5.75 Å². The molecule has 0 aromatic heterocycles. The Balaban J connectivity index is 1.49. The molecule has 0 spiro atoms. The topological polar surface area (TPSA) is 66.5 Å². The largest absolute Gasteiger partial charge is 0.334 e. The molecule has 1 amide bonds. The Kier molecular flexibility index (Phi) is 5.96. The smallest absolute Gasteiger partial charge is 0.226 e. The van der Waals surface area contributed by atoms with Gasteiger partial charge in [0.1, 0.15) is 17.5 Å². The number of amides is 1. The first kappa shape index (κ1) is 23.4. The van der Waals surface area contributed by atoms with E-state index in [0.717, 1.165) is 43.9 Å². The fourth-order valence-corrected chi connectivity index (χ4v) is 6.29. The molecule has 1 saturated heterocycles. The molecule has 3 aliphatic rings. The van der Waals surface area contributed by atoms with E-state index in [4.69, 9.17) is 0 Å². The third-order valence-electron chi connectivity index (χ3n) is 7.48. The minimum atomic E-state index is -3.53. The van der Waals surface area contributed by atoms with Gasteiger partial charge in [0.15, 0.2) is 0 Å². The van der Waals surface area contributed by atoms with Gasteiger partial charge >= 0.3 is 0 Å². The zero-order chi connectivity index (χ0) is 24.2. The summed E-state index contributed by atoms with van der Waals surface area (Å²) in [5.41, 5.74) is 0.416. The number of hydrogen-bond acceptors (Lipinski definition) is 3. The number of benzene rings is 2. The molecule has 2 saturated carbocycles. The van der Waals surface area contributed by atoms with E-state index < -0.39 is 39.6 Å². The summed E-state index contributed by atoms with van der Waals surface area (Å²) in [7, 11) is -3.53. The zero-order valence-corrected chi connectivity index (χ0v) is 19.6. The number of nitrogens with one attached hydrogen (secondary N) is 1. The SMILES string of the molecule is CCS(=O)(=O)N[C@H]1[C@@H]2C[C@@H]2N(C(=O)C2CCC2)[C@H]1Cc1cccc(-c2cc(F)cc(F)c2)c1F. The molecule has 5 rings (SSSR count). The molecule has 3 fully saturated rings. The summed E-state index contributed by atoms with van der Waals surface area (Å²) < 4.78 is 70.7. The highest BCUT2D eigenvalue weighted by atomic mass is 32.2. The number of nitrogens with zero attached hydrogens (tertiary/aromatic N) is 1. The molecule has 0 bridgehead atoms. The molecule has 0 radical (unpaired) electrons. The second-order valence-electron chi connectivity index (χ2n) is 9.60. The number of rotatable bonds is 7. The first-order valence-corrected chi connectivity index (χ1v) is 13.4. The Morgan fingerprint density at radius 1 is 1.12 bits per heavy atom. The van der Waals surface area contributed by atoms with Gasteiger partial charge in [0.2, 0.25) is 15.9 Å². The molecule has 34 heavy (non-hydrogen) atoms. The molecule has 0 unspecified atom stereocenters. The van der Waals surface area contributed by atoms with Crippen molar-refractivity contribution >= 4 is 15.9 Å². The number of carbonyl (C=O) groups excluding carboxylic acids is 1. The molecule has 1 heterocycles. The first-order valence-electron chi connectivity index (χ1n) is 11.7. The third kappa shape index (κ3) is 4.24. The summed E-state index contributed by atoms with van der Waals surface area (Å²) in [6.45, 7) is 1.55. The lowest BCUT2D eigenvalue weighted by Crippen LogP contribution is -2.53. The molecule has 182 valence electrons. The van der Waals surface area contributed by atoms with Crippen molar-refractivity contribution in [3.8, 4) is 11.1 Å². The molecule has 9 heteroatoms. The van der Waals surface area contributed by atoms with Crippen LogP contribution in [0.1, 0.15) is 38.2 Å². The number of piperidine rings is 1. The summed E-state index contributed by atoms with van der Waals surface area (Å²) in [6.07, 6.45) is 3.48. The van der Waals surface area contributed by atoms with E-state index in [9.17, 15) is 22.0 Å². The number of hydrogen-bond donors (Lipinski definition) is 1. The molecule has 2 aromatic rings. The quantitative estimate of drug-likeness (QED) is 0.635. The minimum Gasteiger partial charge on any atom is -0.334 e. The number of halogens is 3. The Hall–Kier alpha value is -2.39. The maximum absolute atomic E-state index is 15.6. The maximum Gasteiger partial charge on any atom is 0.226 e. The van der Waals surface area contributed by atoms with Gasteiger partial charge in [-0.2, -0.15) is 0 Å². The van der Waals surface area contributed by atoms with E-state index in [0.29, 0.717) is 0 Å². The highest BCUT2D eigenvalue weighted by Gasteiger charge is 2.61. The second kappa shape index (κ2) is 8.68. The van der Waals surface area contributed by atoms with Crippen LogP contribution in [0.3, 0.4) is 0 Å². The molecule has 2 aromatic carbocycles. The summed E-state index contributed by atoms with van der Waals surface area (Å²) in [5, 5.41) is 0. The van der Waals surface area contributed by atoms with Crippen LogP contribution in [0.15, 0.2) is 36.4 Å². The number of fused-ring (bicyclic) bond motifs is 1. The molecule has 1 N–H and O–H groups in total. The van der Waals surface area contributed by atoms with E-state index in [-0.39, 0.29) is 52.6 Å². The van der Waals surface area contributed by atoms with Gasteiger partial charge in [-0.15, -0.1) is 0 Å². The number of sulfonamides is 1. The van der Waals surface area contributed by atoms with Crippen LogP contribution in [0, 0.1) is 29.3 Å². The highest BCUT2D eigenvalue weighted by Crippen LogP contribution is 2.50. The highest BCUT2D eigenvalue weighted by molar-refractivity contribution is 7.89. The summed E-state index contributed by atoms with van der Waals surface area (Å²) in [5.74, 6) is -2.34. The lowest BCUT2D eigenvalue weighted by molar-refractivity contribution is -0.140. The van der Waals surface area contributed by atoms with Gasteiger partial charge in [-0.25, -0.2) is 26.3 Å². The Labute approximate surface area is 197 Å². The van der Waals surface area contributed by atoms with Crippen molar-refractivity contribution in [3.63, 3.8) is 0 Å². The normalized spacial score (nSPS) is 26.3. The predicted octanol–water partition coefficient (Wildman–Crippen LogP) is 4.02. The van der Waals surface area contributed by atoms with Gasteiger partial charge in [-0.1, -0.05) is 24.6 Å². The maximum atomic E-state index is 15.6. The van der Waals surface area contributed by atoms with Crippen molar-refractivity contribution in [1.29, 1.82) is 0 Å². The summed E-state index contributed by atoms with van der Waals surface area (Å²) in [6, 6.07) is 6.46. The Morgan fingerprint density at radius 3 is 2.44 bits per heavy atom. The van der Waals surface area contributed by atoms with Crippen LogP contribution >= 0.6 is 0 Å². The van der Waals surface area contributed by atoms with Crippen LogP contribution < -0.4 is 4.72 Å². The number of likely N-dealkylation sites (tertiary alicyclic amines) is 1. The molecule has 2 aliphatic carbocycles. The third-order valence-corrected chi connectivity index (χ3v) is 8.87. The van der Waals surface area contributed by atoms with Gasteiger partial charge in [-0.3, -0.25) is 4.79 Å². The van der Waals surface area contributed by atoms with E-state index in [2.05, 4.69) is 4.72 Å². The monoisotopic (exact) mass is 492 g/mol. The van der Waals surface area contributed by atoms with E-state index in [1.165, 1.54) is 6.07 Å². The fourth-order valence-electron chi connectivity index (χ4n) is 5.38. The van der Waals surface area contributed by atoms with E-state index in [1.807, 2.05) is 0 Å². The minimum absolute atomic E-state index is 0.0129. The van der Waals surface area contributed by atoms with Gasteiger partial charge in [0, 0.05) is 29.6 Å². The van der Waals surface area contributed by atoms with Crippen LogP contribution in [0.4, 0.5) is 13.2 Å². The van der Waals surface area contributed by atoms with Crippen LogP contribution in [-0.2, 0) is 21.2 Å². The van der Waals surface area contributed by atoms with Crippen LogP contribution in [0.2, 0.25) is 0 Å². The number of carbonyl (C=O) groups is 1. The molecule has 4 atom stereocenters. The zero-order valence-electron chi connectivity index (χ0n) is 18.8. The van der Waals surface area contributed by atoms with E-state index in [1.54, 1.807) is 24.0 Å². The van der Waals surface area contributed by atoms with Gasteiger partial charge in [-0.05, 0) is 61.8 Å². The lowest BCUT2D eigenvalue weighted by atomic mass is 9.83. The second-order valence-corrected chi connectivity index (χ2v) is 11.6. The molecular formula is C25H27F3N2O3S. The molecular weight excluding hydrogens is 465 g/mol. The first-order chi connectivity index (χ1) is 16.2. The van der Waals surface area contributed by atoms with Crippen LogP contribution in [-0.4, -0.2) is 43.1 Å².